The maximum Gasteiger partial charge on any atom is 0.261 e. The van der Waals surface area contributed by atoms with Gasteiger partial charge in [0.1, 0.15) is 13.2 Å². The molecule has 0 bridgehead atoms. The van der Waals surface area contributed by atoms with Gasteiger partial charge in [0.05, 0.1) is 26.4 Å². The summed E-state index contributed by atoms with van der Waals surface area (Å²) in [6, 6.07) is 0. The van der Waals surface area contributed by atoms with E-state index in [-0.39, 0.29) is 26.4 Å². The van der Waals surface area contributed by atoms with E-state index >= 15 is 0 Å². The Kier molecular flexibility index (Phi) is 9.86. The fourth-order valence-electron chi connectivity index (χ4n) is 0.683. The standard InChI is InChI=1S/C8H14F4O3/c9-7(10)5-14-3-1-13-2-4-15-6-8(11)12/h7-8H,1-6H2. The molecule has 0 saturated heterocycles. The Bertz CT molecular complexity index is 121. The van der Waals surface area contributed by atoms with Gasteiger partial charge in [0.2, 0.25) is 0 Å². The third kappa shape index (κ3) is 13.6. The Hall–Kier alpha value is -0.400. The largest absolute Gasteiger partial charge is 0.377 e. The zero-order valence-corrected chi connectivity index (χ0v) is 8.13. The Morgan fingerprint density at radius 1 is 0.600 bits per heavy atom. The molecule has 0 radical (unpaired) electrons. The first-order valence-electron chi connectivity index (χ1n) is 4.42. The van der Waals surface area contributed by atoms with Crippen LogP contribution in [0.25, 0.3) is 0 Å². The van der Waals surface area contributed by atoms with Gasteiger partial charge in [0.25, 0.3) is 12.9 Å². The topological polar surface area (TPSA) is 27.7 Å². The summed E-state index contributed by atoms with van der Waals surface area (Å²) in [6.07, 6.45) is -4.97. The smallest absolute Gasteiger partial charge is 0.261 e. The summed E-state index contributed by atoms with van der Waals surface area (Å²) >= 11 is 0. The predicted octanol–water partition coefficient (Wildman–Crippen LogP) is 1.57. The van der Waals surface area contributed by atoms with Crippen molar-refractivity contribution in [2.24, 2.45) is 0 Å². The number of halogens is 4. The van der Waals surface area contributed by atoms with Crippen molar-refractivity contribution in [3.8, 4) is 0 Å². The molecule has 0 aromatic heterocycles. The molecule has 0 spiro atoms. The monoisotopic (exact) mass is 234 g/mol. The van der Waals surface area contributed by atoms with Gasteiger partial charge in [-0.25, -0.2) is 17.6 Å². The highest BCUT2D eigenvalue weighted by atomic mass is 19.3. The second-order valence-corrected chi connectivity index (χ2v) is 2.54. The molecule has 7 heteroatoms. The van der Waals surface area contributed by atoms with E-state index in [0.717, 1.165) is 0 Å². The van der Waals surface area contributed by atoms with Crippen molar-refractivity contribution in [3.63, 3.8) is 0 Å². The molecule has 0 aliphatic rings. The van der Waals surface area contributed by atoms with Gasteiger partial charge < -0.3 is 14.2 Å². The third-order valence-electron chi connectivity index (χ3n) is 1.23. The minimum atomic E-state index is -2.49. The van der Waals surface area contributed by atoms with Crippen LogP contribution in [0, 0.1) is 0 Å². The second kappa shape index (κ2) is 10.1. The molecule has 0 aliphatic heterocycles. The molecule has 0 rings (SSSR count). The Morgan fingerprint density at radius 3 is 1.27 bits per heavy atom. The van der Waals surface area contributed by atoms with Crippen molar-refractivity contribution in [2.75, 3.05) is 39.6 Å². The molecule has 0 atom stereocenters. The molecular weight excluding hydrogens is 220 g/mol. The van der Waals surface area contributed by atoms with Crippen molar-refractivity contribution in [2.45, 2.75) is 12.9 Å². The van der Waals surface area contributed by atoms with Crippen LogP contribution in [-0.2, 0) is 14.2 Å². The van der Waals surface area contributed by atoms with Gasteiger partial charge in [0, 0.05) is 0 Å². The average molecular weight is 234 g/mol. The summed E-state index contributed by atoms with van der Waals surface area (Å²) in [6.45, 7) is -0.843. The van der Waals surface area contributed by atoms with Crippen molar-refractivity contribution in [1.29, 1.82) is 0 Å². The minimum absolute atomic E-state index is 0.0547. The number of hydrogen-bond donors (Lipinski definition) is 0. The molecule has 0 aromatic carbocycles. The van der Waals surface area contributed by atoms with Crippen molar-refractivity contribution < 1.29 is 31.8 Å². The Balaban J connectivity index is 2.93. The van der Waals surface area contributed by atoms with E-state index in [1.807, 2.05) is 0 Å². The fourth-order valence-corrected chi connectivity index (χ4v) is 0.683. The first kappa shape index (κ1) is 14.6. The van der Waals surface area contributed by atoms with Gasteiger partial charge in [-0.2, -0.15) is 0 Å². The van der Waals surface area contributed by atoms with Gasteiger partial charge in [-0.15, -0.1) is 0 Å². The van der Waals surface area contributed by atoms with Crippen LogP contribution < -0.4 is 0 Å². The van der Waals surface area contributed by atoms with E-state index in [9.17, 15) is 17.6 Å². The fraction of sp³-hybridized carbons (Fsp3) is 1.00. The van der Waals surface area contributed by atoms with Crippen LogP contribution in [0.2, 0.25) is 0 Å². The molecule has 0 unspecified atom stereocenters. The van der Waals surface area contributed by atoms with Crippen LogP contribution in [0.3, 0.4) is 0 Å². The highest BCUT2D eigenvalue weighted by molar-refractivity contribution is 4.37. The molecule has 3 nitrogen and oxygen atoms in total. The van der Waals surface area contributed by atoms with Crippen LogP contribution in [-0.4, -0.2) is 52.5 Å². The quantitative estimate of drug-likeness (QED) is 0.424. The summed E-state index contributed by atoms with van der Waals surface area (Å²) in [5.41, 5.74) is 0. The third-order valence-corrected chi connectivity index (χ3v) is 1.23. The van der Waals surface area contributed by atoms with Gasteiger partial charge >= 0.3 is 0 Å². The maximum atomic E-state index is 11.5. The lowest BCUT2D eigenvalue weighted by Crippen LogP contribution is -2.13. The zero-order valence-electron chi connectivity index (χ0n) is 8.13. The Morgan fingerprint density at radius 2 is 0.933 bits per heavy atom. The second-order valence-electron chi connectivity index (χ2n) is 2.54. The molecule has 0 saturated carbocycles. The lowest BCUT2D eigenvalue weighted by atomic mass is 10.7. The summed E-state index contributed by atoms with van der Waals surface area (Å²) < 4.78 is 60.0. The van der Waals surface area contributed by atoms with Gasteiger partial charge in [-0.1, -0.05) is 0 Å². The van der Waals surface area contributed by atoms with E-state index < -0.39 is 26.1 Å². The van der Waals surface area contributed by atoms with E-state index in [1.54, 1.807) is 0 Å². The highest BCUT2D eigenvalue weighted by Crippen LogP contribution is 1.93. The minimum Gasteiger partial charge on any atom is -0.377 e. The van der Waals surface area contributed by atoms with Gasteiger partial charge in [-0.3, -0.25) is 0 Å². The molecule has 15 heavy (non-hydrogen) atoms. The average Bonchev–Trinajstić information content (AvgIpc) is 2.14. The van der Waals surface area contributed by atoms with Crippen LogP contribution in [0.5, 0.6) is 0 Å². The van der Waals surface area contributed by atoms with E-state index in [2.05, 4.69) is 9.47 Å². The predicted molar refractivity (Wildman–Crippen MR) is 44.5 cm³/mol. The summed E-state index contributed by atoms with van der Waals surface area (Å²) in [7, 11) is 0. The molecule has 0 fully saturated rings. The zero-order chi connectivity index (χ0) is 11.5. The lowest BCUT2D eigenvalue weighted by Gasteiger charge is -2.06. The van der Waals surface area contributed by atoms with Crippen molar-refractivity contribution >= 4 is 0 Å². The molecule has 0 N–H and O–H groups in total. The van der Waals surface area contributed by atoms with Crippen molar-refractivity contribution in [3.05, 3.63) is 0 Å². The molecule has 92 valence electrons. The van der Waals surface area contributed by atoms with Crippen LogP contribution in [0.1, 0.15) is 0 Å². The normalized spacial score (nSPS) is 11.6. The van der Waals surface area contributed by atoms with E-state index in [1.165, 1.54) is 0 Å². The SMILES string of the molecule is FC(F)COCCOCCOCC(F)F. The molecule has 0 heterocycles. The molecule has 0 amide bonds. The maximum absolute atomic E-state index is 11.5. The highest BCUT2D eigenvalue weighted by Gasteiger charge is 2.02. The van der Waals surface area contributed by atoms with Gasteiger partial charge in [-0.05, 0) is 0 Å². The van der Waals surface area contributed by atoms with Gasteiger partial charge in [0.15, 0.2) is 0 Å². The first-order valence-corrected chi connectivity index (χ1v) is 4.42. The molecule has 0 aliphatic carbocycles. The van der Waals surface area contributed by atoms with Crippen LogP contribution in [0.4, 0.5) is 17.6 Å². The summed E-state index contributed by atoms with van der Waals surface area (Å²) in [5, 5.41) is 0. The summed E-state index contributed by atoms with van der Waals surface area (Å²) in [4.78, 5) is 0. The number of ether oxygens (including phenoxy) is 3. The lowest BCUT2D eigenvalue weighted by molar-refractivity contribution is -0.0319. The van der Waals surface area contributed by atoms with Crippen LogP contribution >= 0.6 is 0 Å². The molecule has 0 aromatic rings. The van der Waals surface area contributed by atoms with Crippen LogP contribution in [0.15, 0.2) is 0 Å². The first-order chi connectivity index (χ1) is 7.13. The Labute approximate surface area is 85.3 Å². The molecular formula is C8H14F4O3. The van der Waals surface area contributed by atoms with Crippen molar-refractivity contribution in [1.82, 2.24) is 0 Å². The van der Waals surface area contributed by atoms with E-state index in [4.69, 9.17) is 4.74 Å². The number of hydrogen-bond acceptors (Lipinski definition) is 3. The summed E-state index contributed by atoms with van der Waals surface area (Å²) in [5.74, 6) is 0. The van der Waals surface area contributed by atoms with E-state index in [0.29, 0.717) is 0 Å². The number of alkyl halides is 4. The number of rotatable bonds is 10.